The Labute approximate surface area is 115 Å². The van der Waals surface area contributed by atoms with Crippen LogP contribution in [0.1, 0.15) is 46.5 Å². The zero-order chi connectivity index (χ0) is 13.2. The number of hydrogen-bond acceptors (Lipinski definition) is 4. The molecule has 2 aliphatic rings. The Morgan fingerprint density at radius 3 is 2.44 bits per heavy atom. The highest BCUT2D eigenvalue weighted by Crippen LogP contribution is 2.30. The molecular weight excluding hydrogens is 246 g/mol. The Hall–Kier alpha value is 0.230. The van der Waals surface area contributed by atoms with E-state index in [-0.39, 0.29) is 5.60 Å². The predicted octanol–water partition coefficient (Wildman–Crippen LogP) is 2.18. The lowest BCUT2D eigenvalue weighted by Crippen LogP contribution is -2.53. The highest BCUT2D eigenvalue weighted by Gasteiger charge is 2.35. The summed E-state index contributed by atoms with van der Waals surface area (Å²) in [4.78, 5) is 0. The van der Waals surface area contributed by atoms with Gasteiger partial charge in [-0.2, -0.15) is 11.8 Å². The van der Waals surface area contributed by atoms with E-state index in [4.69, 9.17) is 4.74 Å². The zero-order valence-electron chi connectivity index (χ0n) is 11.9. The maximum Gasteiger partial charge on any atom is 0.0787 e. The molecular formula is C14H27NO2S. The van der Waals surface area contributed by atoms with E-state index in [0.29, 0.717) is 12.1 Å². The first-order valence-electron chi connectivity index (χ1n) is 7.08. The first-order valence-corrected chi connectivity index (χ1v) is 8.23. The summed E-state index contributed by atoms with van der Waals surface area (Å²) in [7, 11) is 0. The van der Waals surface area contributed by atoms with Crippen LogP contribution in [0.5, 0.6) is 0 Å². The van der Waals surface area contributed by atoms with Crippen molar-refractivity contribution in [2.75, 3.05) is 18.1 Å². The highest BCUT2D eigenvalue weighted by molar-refractivity contribution is 7.99. The largest absolute Gasteiger partial charge is 0.389 e. The van der Waals surface area contributed by atoms with Crippen LogP contribution in [0, 0.1) is 0 Å². The molecule has 106 valence electrons. The van der Waals surface area contributed by atoms with Crippen molar-refractivity contribution >= 4 is 11.8 Å². The molecule has 1 aliphatic carbocycles. The first kappa shape index (κ1) is 14.6. The summed E-state index contributed by atoms with van der Waals surface area (Å²) in [5, 5.41) is 13.9. The summed E-state index contributed by atoms with van der Waals surface area (Å²) in [5.41, 5.74) is -0.490. The molecule has 2 N–H and O–H groups in total. The number of thioether (sulfide) groups is 1. The number of ether oxygens (including phenoxy) is 1. The molecule has 3 nitrogen and oxygen atoms in total. The van der Waals surface area contributed by atoms with Crippen molar-refractivity contribution in [3.8, 4) is 0 Å². The van der Waals surface area contributed by atoms with Crippen molar-refractivity contribution in [2.45, 2.75) is 69.8 Å². The molecule has 1 heterocycles. The molecule has 0 spiro atoms. The molecule has 1 saturated carbocycles. The van der Waals surface area contributed by atoms with E-state index in [1.165, 1.54) is 0 Å². The highest BCUT2D eigenvalue weighted by atomic mass is 32.2. The van der Waals surface area contributed by atoms with Crippen LogP contribution in [0.15, 0.2) is 0 Å². The topological polar surface area (TPSA) is 41.5 Å². The number of hydrogen-bond donors (Lipinski definition) is 2. The Balaban J connectivity index is 1.62. The molecule has 4 heteroatoms. The third-order valence-corrected chi connectivity index (χ3v) is 4.74. The van der Waals surface area contributed by atoms with Crippen molar-refractivity contribution in [1.82, 2.24) is 5.32 Å². The van der Waals surface area contributed by atoms with E-state index in [1.54, 1.807) is 0 Å². The Kier molecular flexibility index (Phi) is 4.63. The first-order chi connectivity index (χ1) is 8.36. The molecule has 0 aromatic rings. The van der Waals surface area contributed by atoms with Gasteiger partial charge in [0.05, 0.1) is 17.3 Å². The minimum atomic E-state index is -0.457. The van der Waals surface area contributed by atoms with Crippen LogP contribution in [0.2, 0.25) is 0 Å². The molecule has 1 saturated heterocycles. The molecule has 0 radical (unpaired) electrons. The molecule has 1 aliphatic heterocycles. The van der Waals surface area contributed by atoms with Gasteiger partial charge >= 0.3 is 0 Å². The summed E-state index contributed by atoms with van der Waals surface area (Å²) in [6, 6.07) is 0.538. The molecule has 18 heavy (non-hydrogen) atoms. The van der Waals surface area contributed by atoms with Crippen LogP contribution < -0.4 is 5.32 Å². The van der Waals surface area contributed by atoms with E-state index in [2.05, 4.69) is 26.1 Å². The molecule has 2 rings (SSSR count). The number of rotatable bonds is 4. The normalized spacial score (nSPS) is 32.0. The van der Waals surface area contributed by atoms with Gasteiger partial charge in [0.25, 0.3) is 0 Å². The maximum absolute atomic E-state index is 10.4. The van der Waals surface area contributed by atoms with Gasteiger partial charge in [-0.25, -0.2) is 0 Å². The van der Waals surface area contributed by atoms with Gasteiger partial charge < -0.3 is 15.2 Å². The summed E-state index contributed by atoms with van der Waals surface area (Å²) in [6.45, 7) is 7.07. The fourth-order valence-corrected chi connectivity index (χ4v) is 3.84. The van der Waals surface area contributed by atoms with Crippen molar-refractivity contribution in [3.05, 3.63) is 0 Å². The second-order valence-electron chi connectivity index (χ2n) is 6.74. The van der Waals surface area contributed by atoms with Crippen LogP contribution in [0.3, 0.4) is 0 Å². The van der Waals surface area contributed by atoms with Gasteiger partial charge in [0.15, 0.2) is 0 Å². The van der Waals surface area contributed by atoms with Crippen LogP contribution >= 0.6 is 11.8 Å². The second kappa shape index (κ2) is 5.70. The second-order valence-corrected chi connectivity index (χ2v) is 7.96. The molecule has 0 atom stereocenters. The quantitative estimate of drug-likeness (QED) is 0.824. The summed E-state index contributed by atoms with van der Waals surface area (Å²) >= 11 is 1.95. The van der Waals surface area contributed by atoms with Crippen LogP contribution in [0.4, 0.5) is 0 Å². The fourth-order valence-electron chi connectivity index (χ4n) is 2.59. The van der Waals surface area contributed by atoms with Crippen LogP contribution in [0.25, 0.3) is 0 Å². The SMILES string of the molecule is CC(C)(C)OC1CC(NCC2(O)CCSCC2)C1. The smallest absolute Gasteiger partial charge is 0.0787 e. The van der Waals surface area contributed by atoms with E-state index >= 15 is 0 Å². The van der Waals surface area contributed by atoms with E-state index in [9.17, 15) is 5.11 Å². The minimum absolute atomic E-state index is 0.0333. The Morgan fingerprint density at radius 2 is 1.89 bits per heavy atom. The third-order valence-electron chi connectivity index (χ3n) is 3.76. The predicted molar refractivity (Wildman–Crippen MR) is 77.2 cm³/mol. The average molecular weight is 273 g/mol. The molecule has 0 amide bonds. The summed E-state index contributed by atoms with van der Waals surface area (Å²) in [6.07, 6.45) is 4.43. The van der Waals surface area contributed by atoms with Gasteiger partial charge in [0.2, 0.25) is 0 Å². The van der Waals surface area contributed by atoms with Gasteiger partial charge in [-0.15, -0.1) is 0 Å². The Bertz CT molecular complexity index is 265. The van der Waals surface area contributed by atoms with Gasteiger partial charge in [0.1, 0.15) is 0 Å². The molecule has 2 fully saturated rings. The van der Waals surface area contributed by atoms with Gasteiger partial charge in [-0.1, -0.05) is 0 Å². The van der Waals surface area contributed by atoms with Crippen molar-refractivity contribution in [1.29, 1.82) is 0 Å². The molecule has 0 aromatic carbocycles. The minimum Gasteiger partial charge on any atom is -0.389 e. The maximum atomic E-state index is 10.4. The monoisotopic (exact) mass is 273 g/mol. The number of nitrogens with one attached hydrogen (secondary N) is 1. The summed E-state index contributed by atoms with van der Waals surface area (Å²) in [5.74, 6) is 2.19. The van der Waals surface area contributed by atoms with E-state index < -0.39 is 5.60 Å². The number of aliphatic hydroxyl groups is 1. The van der Waals surface area contributed by atoms with Crippen molar-refractivity contribution in [3.63, 3.8) is 0 Å². The van der Waals surface area contributed by atoms with Crippen molar-refractivity contribution < 1.29 is 9.84 Å². The third kappa shape index (κ3) is 4.41. The van der Waals surface area contributed by atoms with Crippen LogP contribution in [-0.4, -0.2) is 46.5 Å². The Morgan fingerprint density at radius 1 is 1.28 bits per heavy atom. The van der Waals surface area contributed by atoms with Gasteiger partial charge in [-0.05, 0) is 58.0 Å². The molecule has 0 unspecified atom stereocenters. The lowest BCUT2D eigenvalue weighted by molar-refractivity contribution is -0.104. The zero-order valence-corrected chi connectivity index (χ0v) is 12.7. The summed E-state index contributed by atoms with van der Waals surface area (Å²) < 4.78 is 5.91. The molecule has 0 aromatic heterocycles. The van der Waals surface area contributed by atoms with Gasteiger partial charge in [0, 0.05) is 12.6 Å². The lowest BCUT2D eigenvalue weighted by Gasteiger charge is -2.41. The standard InChI is InChI=1S/C14H27NO2S/c1-13(2,3)17-12-8-11(9-12)15-10-14(16)4-6-18-7-5-14/h11-12,15-16H,4-10H2,1-3H3. The van der Waals surface area contributed by atoms with E-state index in [0.717, 1.165) is 43.7 Å². The molecule has 0 bridgehead atoms. The average Bonchev–Trinajstić information content (AvgIpc) is 2.21. The van der Waals surface area contributed by atoms with Crippen molar-refractivity contribution in [2.24, 2.45) is 0 Å². The van der Waals surface area contributed by atoms with Crippen LogP contribution in [-0.2, 0) is 4.74 Å². The van der Waals surface area contributed by atoms with Gasteiger partial charge in [-0.3, -0.25) is 0 Å². The fraction of sp³-hybridized carbons (Fsp3) is 1.00. The van der Waals surface area contributed by atoms with E-state index in [1.807, 2.05) is 11.8 Å². The lowest BCUT2D eigenvalue weighted by atomic mass is 9.87.